The second-order valence-corrected chi connectivity index (χ2v) is 9.58. The predicted molar refractivity (Wildman–Crippen MR) is 137 cm³/mol. The quantitative estimate of drug-likeness (QED) is 0.281. The lowest BCUT2D eigenvalue weighted by Gasteiger charge is -2.24. The minimum absolute atomic E-state index is 0.0294. The van der Waals surface area contributed by atoms with Crippen molar-refractivity contribution in [1.29, 1.82) is 0 Å². The lowest BCUT2D eigenvalue weighted by Crippen LogP contribution is -2.32. The number of imidazole rings is 1. The first-order valence-electron chi connectivity index (χ1n) is 11.7. The van der Waals surface area contributed by atoms with Gasteiger partial charge in [0.05, 0.1) is 21.8 Å². The molecule has 1 atom stereocenters. The number of ether oxygens (including phenoxy) is 1. The van der Waals surface area contributed by atoms with Crippen molar-refractivity contribution >= 4 is 40.3 Å². The summed E-state index contributed by atoms with van der Waals surface area (Å²) in [5, 5.41) is 7.37. The molecule has 0 saturated carbocycles. The predicted octanol–water partition coefficient (Wildman–Crippen LogP) is 6.31. The summed E-state index contributed by atoms with van der Waals surface area (Å²) in [4.78, 5) is 13.8. The summed E-state index contributed by atoms with van der Waals surface area (Å²) in [6, 6.07) is 11.2. The van der Waals surface area contributed by atoms with E-state index in [-0.39, 0.29) is 18.2 Å². The van der Waals surface area contributed by atoms with Gasteiger partial charge in [0.15, 0.2) is 5.65 Å². The van der Waals surface area contributed by atoms with E-state index in [2.05, 4.69) is 25.3 Å². The number of alkyl halides is 3. The number of halogens is 5. The van der Waals surface area contributed by atoms with Gasteiger partial charge in [0.25, 0.3) is 0 Å². The van der Waals surface area contributed by atoms with Gasteiger partial charge in [-0.3, -0.25) is 0 Å². The van der Waals surface area contributed by atoms with E-state index < -0.39 is 6.36 Å². The molecule has 3 heterocycles. The van der Waals surface area contributed by atoms with Gasteiger partial charge in [-0.2, -0.15) is 4.98 Å². The zero-order chi connectivity index (χ0) is 26.0. The summed E-state index contributed by atoms with van der Waals surface area (Å²) in [7, 11) is 0. The molecule has 0 unspecified atom stereocenters. The summed E-state index contributed by atoms with van der Waals surface area (Å²) >= 11 is 13.1. The molecule has 5 rings (SSSR count). The van der Waals surface area contributed by atoms with Crippen molar-refractivity contribution in [1.82, 2.24) is 24.8 Å². The molecule has 1 saturated heterocycles. The van der Waals surface area contributed by atoms with Gasteiger partial charge in [0.1, 0.15) is 17.1 Å². The topological polar surface area (TPSA) is 76.9 Å². The van der Waals surface area contributed by atoms with Crippen molar-refractivity contribution in [3.05, 3.63) is 64.3 Å². The fraction of sp³-hybridized carbons (Fsp3) is 0.320. The third-order valence-electron chi connectivity index (χ3n) is 6.15. The van der Waals surface area contributed by atoms with Gasteiger partial charge >= 0.3 is 6.36 Å². The molecular formula is C25H23Cl2F3N6O. The third-order valence-corrected chi connectivity index (χ3v) is 6.78. The number of hydrogen-bond acceptors (Lipinski definition) is 6. The summed E-state index contributed by atoms with van der Waals surface area (Å²) < 4.78 is 44.5. The van der Waals surface area contributed by atoms with Crippen LogP contribution < -0.4 is 15.4 Å². The smallest absolute Gasteiger partial charge is 0.405 e. The molecular weight excluding hydrogens is 528 g/mol. The van der Waals surface area contributed by atoms with Crippen molar-refractivity contribution < 1.29 is 17.9 Å². The summed E-state index contributed by atoms with van der Waals surface area (Å²) in [5.41, 5.74) is 2.06. The molecule has 1 aliphatic heterocycles. The van der Waals surface area contributed by atoms with Gasteiger partial charge in [0.2, 0.25) is 5.95 Å². The Bertz CT molecular complexity index is 1380. The molecule has 194 valence electrons. The number of para-hydroxylation sites is 1. The molecule has 7 nitrogen and oxygen atoms in total. The van der Waals surface area contributed by atoms with E-state index in [9.17, 15) is 13.2 Å². The van der Waals surface area contributed by atoms with Crippen LogP contribution >= 0.6 is 23.2 Å². The number of benzene rings is 2. The van der Waals surface area contributed by atoms with Crippen LogP contribution in [0.5, 0.6) is 5.75 Å². The van der Waals surface area contributed by atoms with Crippen LogP contribution in [0.2, 0.25) is 10.0 Å². The lowest BCUT2D eigenvalue weighted by molar-refractivity contribution is -0.274. The highest BCUT2D eigenvalue weighted by atomic mass is 35.5. The van der Waals surface area contributed by atoms with E-state index >= 15 is 0 Å². The number of hydrogen-bond donors (Lipinski definition) is 2. The molecule has 0 aliphatic carbocycles. The van der Waals surface area contributed by atoms with E-state index in [0.29, 0.717) is 50.6 Å². The number of anilines is 1. The van der Waals surface area contributed by atoms with E-state index in [4.69, 9.17) is 28.2 Å². The van der Waals surface area contributed by atoms with Crippen LogP contribution in [0.1, 0.15) is 18.4 Å². The molecule has 0 spiro atoms. The first-order valence-corrected chi connectivity index (χ1v) is 12.5. The second kappa shape index (κ2) is 10.7. The van der Waals surface area contributed by atoms with Crippen LogP contribution in [0.3, 0.4) is 0 Å². The van der Waals surface area contributed by atoms with Gasteiger partial charge in [-0.1, -0.05) is 47.5 Å². The maximum Gasteiger partial charge on any atom is 0.573 e. The van der Waals surface area contributed by atoms with Crippen LogP contribution in [0.15, 0.2) is 48.7 Å². The Balaban J connectivity index is 1.50. The first-order chi connectivity index (χ1) is 17.8. The molecule has 0 bridgehead atoms. The molecule has 2 N–H and O–H groups in total. The lowest BCUT2D eigenvalue weighted by atomic mass is 9.99. The molecule has 1 fully saturated rings. The van der Waals surface area contributed by atoms with Crippen molar-refractivity contribution in [2.24, 2.45) is 5.92 Å². The maximum atomic E-state index is 12.8. The van der Waals surface area contributed by atoms with Gasteiger partial charge in [-0.15, -0.1) is 13.2 Å². The Morgan fingerprint density at radius 1 is 1.08 bits per heavy atom. The Kier molecular flexibility index (Phi) is 7.41. The fourth-order valence-corrected chi connectivity index (χ4v) is 5.03. The Morgan fingerprint density at radius 2 is 1.86 bits per heavy atom. The van der Waals surface area contributed by atoms with E-state index in [0.717, 1.165) is 25.9 Å². The van der Waals surface area contributed by atoms with Crippen molar-refractivity contribution in [2.75, 3.05) is 18.4 Å². The summed E-state index contributed by atoms with van der Waals surface area (Å²) in [6.45, 7) is 2.52. The minimum atomic E-state index is -4.79. The molecule has 0 amide bonds. The highest BCUT2D eigenvalue weighted by molar-refractivity contribution is 6.39. The minimum Gasteiger partial charge on any atom is -0.405 e. The van der Waals surface area contributed by atoms with Gasteiger partial charge in [-0.25, -0.2) is 9.97 Å². The summed E-state index contributed by atoms with van der Waals surface area (Å²) in [5.74, 6) is 0.901. The molecule has 0 radical (unpaired) electrons. The highest BCUT2D eigenvalue weighted by Crippen LogP contribution is 2.36. The number of piperidine rings is 1. The molecule has 2 aromatic heterocycles. The van der Waals surface area contributed by atoms with Crippen LogP contribution in [0.4, 0.5) is 19.1 Å². The van der Waals surface area contributed by atoms with Crippen LogP contribution in [0, 0.1) is 5.92 Å². The molecule has 2 aromatic carbocycles. The average Bonchev–Trinajstić information content (AvgIpc) is 3.20. The molecule has 4 aromatic rings. The standard InChI is InChI=1S/C25H23Cl2F3N6O/c26-17-7-3-8-18(27)21(17)23-34-19-13-33-24(35-22(19)36(23)14-15-5-4-10-31-11-15)32-12-16-6-1-2-9-20(16)37-25(28,29)30/h1-3,6-9,13,15,31H,4-5,10-12,14H2,(H,32,33,35)/t15-/m1/s1. The van der Waals surface area contributed by atoms with Crippen LogP contribution in [-0.4, -0.2) is 39.0 Å². The Morgan fingerprint density at radius 3 is 2.59 bits per heavy atom. The fourth-order valence-electron chi connectivity index (χ4n) is 4.47. The van der Waals surface area contributed by atoms with Crippen molar-refractivity contribution in [2.45, 2.75) is 32.3 Å². The maximum absolute atomic E-state index is 12.8. The van der Waals surface area contributed by atoms with E-state index in [1.807, 2.05) is 4.57 Å². The monoisotopic (exact) mass is 550 g/mol. The van der Waals surface area contributed by atoms with E-state index in [1.165, 1.54) is 12.1 Å². The number of rotatable bonds is 7. The average molecular weight is 551 g/mol. The van der Waals surface area contributed by atoms with Gasteiger partial charge in [0, 0.05) is 18.7 Å². The second-order valence-electron chi connectivity index (χ2n) is 8.77. The normalized spacial score (nSPS) is 16.2. The molecule has 12 heteroatoms. The Labute approximate surface area is 221 Å². The number of fused-ring (bicyclic) bond motifs is 1. The third kappa shape index (κ3) is 5.92. The van der Waals surface area contributed by atoms with E-state index in [1.54, 1.807) is 36.5 Å². The first kappa shape index (κ1) is 25.6. The number of nitrogens with zero attached hydrogens (tertiary/aromatic N) is 4. The zero-order valence-electron chi connectivity index (χ0n) is 19.5. The number of nitrogens with one attached hydrogen (secondary N) is 2. The van der Waals surface area contributed by atoms with Crippen LogP contribution in [0.25, 0.3) is 22.6 Å². The van der Waals surface area contributed by atoms with Gasteiger partial charge < -0.3 is 19.9 Å². The zero-order valence-corrected chi connectivity index (χ0v) is 21.0. The molecule has 37 heavy (non-hydrogen) atoms. The molecule has 1 aliphatic rings. The largest absolute Gasteiger partial charge is 0.573 e. The van der Waals surface area contributed by atoms with Gasteiger partial charge in [-0.05, 0) is 50.0 Å². The van der Waals surface area contributed by atoms with Crippen molar-refractivity contribution in [3.63, 3.8) is 0 Å². The number of aromatic nitrogens is 4. The SMILES string of the molecule is FC(F)(F)Oc1ccccc1CNc1ncc2nc(-c3c(Cl)cccc3Cl)n(C[C@@H]3CCCNC3)c2n1. The van der Waals surface area contributed by atoms with Crippen LogP contribution in [-0.2, 0) is 13.1 Å². The highest BCUT2D eigenvalue weighted by Gasteiger charge is 2.32. The summed E-state index contributed by atoms with van der Waals surface area (Å²) in [6.07, 6.45) is -1.09. The van der Waals surface area contributed by atoms with Crippen molar-refractivity contribution in [3.8, 4) is 17.1 Å². The Hall–Kier alpha value is -3.08.